The number of likely N-dealkylation sites (N-methyl/N-ethyl adjacent to an activating group) is 1. The van der Waals surface area contributed by atoms with Gasteiger partial charge in [0.05, 0.1) is 34.7 Å². The lowest BCUT2D eigenvalue weighted by molar-refractivity contribution is -0.143. The van der Waals surface area contributed by atoms with E-state index in [0.717, 1.165) is 17.4 Å². The first-order valence-electron chi connectivity index (χ1n) is 13.6. The Hall–Kier alpha value is -3.65. The average molecular weight is 643 g/mol. The topological polar surface area (TPSA) is 73.8 Å². The highest BCUT2D eigenvalue weighted by Gasteiger charge is 2.41. The van der Waals surface area contributed by atoms with Crippen LogP contribution in [-0.4, -0.2) is 63.1 Å². The van der Waals surface area contributed by atoms with Crippen LogP contribution in [-0.2, 0) is 32.6 Å². The molecule has 1 amide bonds. The number of aromatic nitrogens is 1. The summed E-state index contributed by atoms with van der Waals surface area (Å²) < 4.78 is 107. The molecule has 14 heteroatoms. The number of aryl methyl sites for hydroxylation is 1. The Morgan fingerprint density at radius 2 is 1.36 bits per heavy atom. The van der Waals surface area contributed by atoms with E-state index in [1.54, 1.807) is 12.1 Å². The number of amides is 1. The molecule has 7 nitrogen and oxygen atoms in total. The standard InChI is InChI=1S/C30H32F6N4O3S/c1-19-8-6-7-9-23(19)24-17-26(39-10-12-40(13-11-39)44(5,42)43)37-18-25(24)38(4)27(41)28(2,3)20-14-21(29(31,32)33)16-22(15-20)30(34,35)36/h6-9,14-18H,10-13H2,1-5H3. The summed E-state index contributed by atoms with van der Waals surface area (Å²) in [5.74, 6) is -0.232. The molecule has 44 heavy (non-hydrogen) atoms. The molecule has 2 aromatic carbocycles. The molecule has 1 fully saturated rings. The van der Waals surface area contributed by atoms with E-state index in [2.05, 4.69) is 4.98 Å². The van der Waals surface area contributed by atoms with E-state index in [0.29, 0.717) is 42.3 Å². The minimum Gasteiger partial charge on any atom is -0.354 e. The van der Waals surface area contributed by atoms with Crippen molar-refractivity contribution in [2.45, 2.75) is 38.5 Å². The van der Waals surface area contributed by atoms with Gasteiger partial charge >= 0.3 is 12.4 Å². The zero-order chi connectivity index (χ0) is 32.8. The Kier molecular flexibility index (Phi) is 8.84. The minimum atomic E-state index is -5.06. The number of nitrogens with zero attached hydrogens (tertiary/aromatic N) is 4. The highest BCUT2D eigenvalue weighted by Crippen LogP contribution is 2.41. The predicted molar refractivity (Wildman–Crippen MR) is 156 cm³/mol. The summed E-state index contributed by atoms with van der Waals surface area (Å²) in [7, 11) is -1.96. The van der Waals surface area contributed by atoms with Gasteiger partial charge in [-0.05, 0) is 61.7 Å². The zero-order valence-electron chi connectivity index (χ0n) is 24.7. The minimum absolute atomic E-state index is 0.0302. The van der Waals surface area contributed by atoms with Crippen LogP contribution in [0.5, 0.6) is 0 Å². The average Bonchev–Trinajstić information content (AvgIpc) is 2.95. The molecule has 0 unspecified atom stereocenters. The number of benzene rings is 2. The number of halogens is 6. The van der Waals surface area contributed by atoms with Crippen LogP contribution < -0.4 is 9.80 Å². The van der Waals surface area contributed by atoms with Gasteiger partial charge in [0.2, 0.25) is 15.9 Å². The van der Waals surface area contributed by atoms with Crippen LogP contribution in [0.2, 0.25) is 0 Å². The maximum absolute atomic E-state index is 13.9. The summed E-state index contributed by atoms with van der Waals surface area (Å²) in [5, 5.41) is 0. The van der Waals surface area contributed by atoms with E-state index in [-0.39, 0.29) is 19.2 Å². The van der Waals surface area contributed by atoms with Crippen molar-refractivity contribution in [2.75, 3.05) is 49.3 Å². The normalized spacial score (nSPS) is 15.4. The summed E-state index contributed by atoms with van der Waals surface area (Å²) in [5.41, 5.74) is -2.83. The number of carbonyl (C=O) groups excluding carboxylic acids is 1. The fourth-order valence-corrected chi connectivity index (χ4v) is 6.01. The maximum atomic E-state index is 13.9. The van der Waals surface area contributed by atoms with E-state index < -0.39 is 50.4 Å². The Balaban J connectivity index is 1.77. The number of alkyl halides is 6. The van der Waals surface area contributed by atoms with Crippen LogP contribution in [0.4, 0.5) is 37.8 Å². The van der Waals surface area contributed by atoms with Gasteiger partial charge in [-0.25, -0.2) is 13.4 Å². The first-order valence-corrected chi connectivity index (χ1v) is 15.4. The molecule has 0 N–H and O–H groups in total. The summed E-state index contributed by atoms with van der Waals surface area (Å²) in [6, 6.07) is 10.2. The number of pyridine rings is 1. The quantitative estimate of drug-likeness (QED) is 0.303. The van der Waals surface area contributed by atoms with Crippen molar-refractivity contribution in [3.8, 4) is 11.1 Å². The van der Waals surface area contributed by atoms with Crippen LogP contribution in [0.3, 0.4) is 0 Å². The van der Waals surface area contributed by atoms with Crippen molar-refractivity contribution < 1.29 is 39.6 Å². The molecular formula is C30H32F6N4O3S. The van der Waals surface area contributed by atoms with E-state index in [4.69, 9.17) is 0 Å². The molecule has 0 aliphatic carbocycles. The second kappa shape index (κ2) is 11.7. The fourth-order valence-electron chi connectivity index (χ4n) is 5.18. The van der Waals surface area contributed by atoms with Gasteiger partial charge in [0.25, 0.3) is 0 Å². The van der Waals surface area contributed by atoms with Crippen molar-refractivity contribution in [3.05, 3.63) is 77.0 Å². The van der Waals surface area contributed by atoms with Crippen molar-refractivity contribution >= 4 is 27.4 Å². The van der Waals surface area contributed by atoms with Gasteiger partial charge in [0.1, 0.15) is 5.82 Å². The molecule has 1 aromatic heterocycles. The molecule has 1 aliphatic heterocycles. The van der Waals surface area contributed by atoms with Crippen LogP contribution in [0, 0.1) is 6.92 Å². The Morgan fingerprint density at radius 3 is 1.86 bits per heavy atom. The van der Waals surface area contributed by atoms with Crippen molar-refractivity contribution in [1.82, 2.24) is 9.29 Å². The van der Waals surface area contributed by atoms with Crippen LogP contribution >= 0.6 is 0 Å². The van der Waals surface area contributed by atoms with Gasteiger partial charge in [-0.15, -0.1) is 0 Å². The lowest BCUT2D eigenvalue weighted by Gasteiger charge is -2.35. The lowest BCUT2D eigenvalue weighted by Crippen LogP contribution is -2.48. The molecule has 4 rings (SSSR count). The highest BCUT2D eigenvalue weighted by molar-refractivity contribution is 7.88. The van der Waals surface area contributed by atoms with Crippen LogP contribution in [0.15, 0.2) is 54.7 Å². The number of anilines is 2. The van der Waals surface area contributed by atoms with Crippen molar-refractivity contribution in [2.24, 2.45) is 0 Å². The molecule has 2 heterocycles. The summed E-state index contributed by atoms with van der Waals surface area (Å²) in [4.78, 5) is 21.5. The third kappa shape index (κ3) is 6.85. The number of carbonyl (C=O) groups is 1. The largest absolute Gasteiger partial charge is 0.416 e. The SMILES string of the molecule is Cc1ccccc1-c1cc(N2CCN(S(C)(=O)=O)CC2)ncc1N(C)C(=O)C(C)(C)c1cc(C(F)(F)F)cc(C(F)(F)F)c1. The van der Waals surface area contributed by atoms with E-state index in [1.165, 1.54) is 36.3 Å². The van der Waals surface area contributed by atoms with Crippen molar-refractivity contribution in [1.29, 1.82) is 0 Å². The molecule has 0 radical (unpaired) electrons. The molecule has 0 saturated carbocycles. The molecule has 0 spiro atoms. The van der Waals surface area contributed by atoms with Gasteiger partial charge < -0.3 is 9.80 Å². The molecule has 238 valence electrons. The number of sulfonamides is 1. The summed E-state index contributed by atoms with van der Waals surface area (Å²) >= 11 is 0. The van der Waals surface area contributed by atoms with E-state index >= 15 is 0 Å². The molecule has 3 aromatic rings. The zero-order valence-corrected chi connectivity index (χ0v) is 25.5. The van der Waals surface area contributed by atoms with Gasteiger partial charge in [-0.1, -0.05) is 24.3 Å². The third-order valence-corrected chi connectivity index (χ3v) is 9.15. The molecule has 1 saturated heterocycles. The third-order valence-electron chi connectivity index (χ3n) is 7.85. The molecule has 0 bridgehead atoms. The van der Waals surface area contributed by atoms with E-state index in [1.807, 2.05) is 30.0 Å². The lowest BCUT2D eigenvalue weighted by atomic mass is 9.81. The number of piperazine rings is 1. The van der Waals surface area contributed by atoms with Gasteiger partial charge in [-0.3, -0.25) is 4.79 Å². The van der Waals surface area contributed by atoms with Gasteiger partial charge in [0.15, 0.2) is 0 Å². The number of hydrogen-bond acceptors (Lipinski definition) is 5. The fraction of sp³-hybridized carbons (Fsp3) is 0.400. The predicted octanol–water partition coefficient (Wildman–Crippen LogP) is 6.12. The molecule has 1 aliphatic rings. The van der Waals surface area contributed by atoms with E-state index in [9.17, 15) is 39.6 Å². The van der Waals surface area contributed by atoms with Crippen LogP contribution in [0.1, 0.15) is 36.1 Å². The number of rotatable bonds is 6. The van der Waals surface area contributed by atoms with Crippen LogP contribution in [0.25, 0.3) is 11.1 Å². The van der Waals surface area contributed by atoms with Gasteiger partial charge in [0, 0.05) is 38.8 Å². The molecular weight excluding hydrogens is 610 g/mol. The first kappa shape index (κ1) is 33.2. The second-order valence-electron chi connectivity index (χ2n) is 11.3. The highest BCUT2D eigenvalue weighted by atomic mass is 32.2. The Morgan fingerprint density at radius 1 is 0.841 bits per heavy atom. The maximum Gasteiger partial charge on any atom is 0.416 e. The first-order chi connectivity index (χ1) is 20.2. The number of hydrogen-bond donors (Lipinski definition) is 0. The monoisotopic (exact) mass is 642 g/mol. The van der Waals surface area contributed by atoms with Gasteiger partial charge in [-0.2, -0.15) is 30.6 Å². The summed E-state index contributed by atoms with van der Waals surface area (Å²) in [6.45, 7) is 5.65. The molecule has 0 atom stereocenters. The Bertz CT molecular complexity index is 1630. The Labute approximate surface area is 252 Å². The smallest absolute Gasteiger partial charge is 0.354 e. The van der Waals surface area contributed by atoms with Crippen molar-refractivity contribution in [3.63, 3.8) is 0 Å². The second-order valence-corrected chi connectivity index (χ2v) is 13.3. The summed E-state index contributed by atoms with van der Waals surface area (Å²) in [6.07, 6.45) is -7.55.